The molecule has 4 heteroatoms. The number of aromatic nitrogens is 1. The third kappa shape index (κ3) is 2.99. The van der Waals surface area contributed by atoms with Crippen LogP contribution >= 0.6 is 11.6 Å². The van der Waals surface area contributed by atoms with E-state index >= 15 is 0 Å². The number of halogens is 1. The molecule has 0 bridgehead atoms. The highest BCUT2D eigenvalue weighted by Gasteiger charge is 2.08. The summed E-state index contributed by atoms with van der Waals surface area (Å²) in [5.41, 5.74) is 1.62. The van der Waals surface area contributed by atoms with E-state index in [0.717, 1.165) is 16.5 Å². The van der Waals surface area contributed by atoms with Gasteiger partial charge in [-0.25, -0.2) is 0 Å². The molecule has 0 aliphatic carbocycles. The number of rotatable bonds is 3. The summed E-state index contributed by atoms with van der Waals surface area (Å²) in [6.07, 6.45) is 1.19. The Labute approximate surface area is 127 Å². The van der Waals surface area contributed by atoms with Crippen molar-refractivity contribution in [1.82, 2.24) is 4.98 Å². The standard InChI is InChI=1S/C17H14ClNO2/c1-11(20)13-5-7-17(15(18)9-13)21-14-6-4-12-3-2-8-19-16(12)10-14/h2-11,20H,1H3/t11-/m0/s1. The van der Waals surface area contributed by atoms with Crippen LogP contribution in [-0.4, -0.2) is 10.1 Å². The number of aliphatic hydroxyl groups excluding tert-OH is 1. The quantitative estimate of drug-likeness (QED) is 0.760. The van der Waals surface area contributed by atoms with E-state index in [1.807, 2.05) is 30.3 Å². The van der Waals surface area contributed by atoms with Gasteiger partial charge in [0.1, 0.15) is 11.5 Å². The van der Waals surface area contributed by atoms with E-state index in [4.69, 9.17) is 16.3 Å². The molecule has 3 nitrogen and oxygen atoms in total. The number of fused-ring (bicyclic) bond motifs is 1. The molecule has 1 N–H and O–H groups in total. The summed E-state index contributed by atoms with van der Waals surface area (Å²) in [4.78, 5) is 4.30. The Kier molecular flexibility index (Phi) is 3.78. The number of nitrogens with zero attached hydrogens (tertiary/aromatic N) is 1. The molecule has 0 saturated heterocycles. The maximum Gasteiger partial charge on any atom is 0.146 e. The highest BCUT2D eigenvalue weighted by atomic mass is 35.5. The zero-order valence-corrected chi connectivity index (χ0v) is 12.2. The van der Waals surface area contributed by atoms with Crippen LogP contribution in [-0.2, 0) is 0 Å². The third-order valence-corrected chi connectivity index (χ3v) is 3.54. The largest absolute Gasteiger partial charge is 0.456 e. The summed E-state index contributed by atoms with van der Waals surface area (Å²) in [5.74, 6) is 1.23. The Morgan fingerprint density at radius 2 is 2.00 bits per heavy atom. The highest BCUT2D eigenvalue weighted by Crippen LogP contribution is 2.32. The smallest absolute Gasteiger partial charge is 0.146 e. The number of benzene rings is 2. The van der Waals surface area contributed by atoms with Gasteiger partial charge in [-0.15, -0.1) is 0 Å². The van der Waals surface area contributed by atoms with Crippen LogP contribution < -0.4 is 4.74 Å². The summed E-state index contributed by atoms with van der Waals surface area (Å²) in [6, 6.07) is 14.9. The molecule has 0 spiro atoms. The zero-order valence-electron chi connectivity index (χ0n) is 11.5. The van der Waals surface area contributed by atoms with Gasteiger partial charge in [0.15, 0.2) is 0 Å². The summed E-state index contributed by atoms with van der Waals surface area (Å²) in [7, 11) is 0. The van der Waals surface area contributed by atoms with E-state index < -0.39 is 6.10 Å². The minimum absolute atomic E-state index is 0.467. The van der Waals surface area contributed by atoms with Crippen molar-refractivity contribution >= 4 is 22.5 Å². The van der Waals surface area contributed by atoms with Gasteiger partial charge in [0.2, 0.25) is 0 Å². The number of ether oxygens (including phenoxy) is 1. The molecule has 3 rings (SSSR count). The van der Waals surface area contributed by atoms with Gasteiger partial charge in [-0.05, 0) is 42.8 Å². The Morgan fingerprint density at radius 3 is 2.76 bits per heavy atom. The van der Waals surface area contributed by atoms with E-state index in [1.165, 1.54) is 0 Å². The number of hydrogen-bond donors (Lipinski definition) is 1. The molecule has 0 saturated carbocycles. The summed E-state index contributed by atoms with van der Waals surface area (Å²) >= 11 is 6.19. The lowest BCUT2D eigenvalue weighted by Gasteiger charge is -2.11. The molecule has 0 amide bonds. The lowest BCUT2D eigenvalue weighted by atomic mass is 10.1. The SMILES string of the molecule is C[C@H](O)c1ccc(Oc2ccc3cccnc3c2)c(Cl)c1. The Balaban J connectivity index is 1.91. The van der Waals surface area contributed by atoms with Crippen molar-refractivity contribution in [2.24, 2.45) is 0 Å². The van der Waals surface area contributed by atoms with Crippen LogP contribution in [0.3, 0.4) is 0 Å². The summed E-state index contributed by atoms with van der Waals surface area (Å²) in [5, 5.41) is 11.1. The monoisotopic (exact) mass is 299 g/mol. The van der Waals surface area contributed by atoms with E-state index in [9.17, 15) is 5.11 Å². The third-order valence-electron chi connectivity index (χ3n) is 3.24. The fraction of sp³-hybridized carbons (Fsp3) is 0.118. The van der Waals surface area contributed by atoms with E-state index in [0.29, 0.717) is 16.5 Å². The van der Waals surface area contributed by atoms with Gasteiger partial charge in [0, 0.05) is 17.6 Å². The van der Waals surface area contributed by atoms with Gasteiger partial charge < -0.3 is 9.84 Å². The average Bonchev–Trinajstić information content (AvgIpc) is 2.49. The molecule has 1 heterocycles. The minimum Gasteiger partial charge on any atom is -0.456 e. The second kappa shape index (κ2) is 5.72. The molecule has 0 aliphatic heterocycles. The average molecular weight is 300 g/mol. The molecule has 3 aromatic rings. The van der Waals surface area contributed by atoms with Crippen molar-refractivity contribution in [3.63, 3.8) is 0 Å². The van der Waals surface area contributed by atoms with E-state index in [1.54, 1.807) is 31.3 Å². The topological polar surface area (TPSA) is 42.4 Å². The van der Waals surface area contributed by atoms with E-state index in [2.05, 4.69) is 4.98 Å². The maximum absolute atomic E-state index is 9.54. The molecule has 0 radical (unpaired) electrons. The molecule has 106 valence electrons. The molecule has 1 atom stereocenters. The highest BCUT2D eigenvalue weighted by molar-refractivity contribution is 6.32. The molecular weight excluding hydrogens is 286 g/mol. The first kappa shape index (κ1) is 13.9. The van der Waals surface area contributed by atoms with Gasteiger partial charge in [-0.1, -0.05) is 23.7 Å². The summed E-state index contributed by atoms with van der Waals surface area (Å²) in [6.45, 7) is 1.70. The van der Waals surface area contributed by atoms with Crippen LogP contribution in [0.25, 0.3) is 10.9 Å². The number of pyridine rings is 1. The molecule has 21 heavy (non-hydrogen) atoms. The second-order valence-electron chi connectivity index (χ2n) is 4.83. The first-order chi connectivity index (χ1) is 10.1. The predicted octanol–water partition coefficient (Wildman–Crippen LogP) is 4.73. The van der Waals surface area contributed by atoms with Gasteiger partial charge in [-0.2, -0.15) is 0 Å². The lowest BCUT2D eigenvalue weighted by Crippen LogP contribution is -1.92. The van der Waals surface area contributed by atoms with Crippen molar-refractivity contribution in [2.45, 2.75) is 13.0 Å². The van der Waals surface area contributed by atoms with Crippen molar-refractivity contribution in [1.29, 1.82) is 0 Å². The normalized spacial score (nSPS) is 12.3. The zero-order chi connectivity index (χ0) is 14.8. The number of hydrogen-bond acceptors (Lipinski definition) is 3. The van der Waals surface area contributed by atoms with Crippen molar-refractivity contribution in [3.05, 3.63) is 65.3 Å². The van der Waals surface area contributed by atoms with Gasteiger partial charge in [-0.3, -0.25) is 4.98 Å². The van der Waals surface area contributed by atoms with Crippen LogP contribution in [0.4, 0.5) is 0 Å². The Hall–Kier alpha value is -2.10. The number of aliphatic hydroxyl groups is 1. The van der Waals surface area contributed by atoms with Gasteiger partial charge in [0.05, 0.1) is 16.6 Å². The second-order valence-corrected chi connectivity index (χ2v) is 5.23. The van der Waals surface area contributed by atoms with Crippen molar-refractivity contribution in [2.75, 3.05) is 0 Å². The molecule has 0 aliphatic rings. The maximum atomic E-state index is 9.54. The minimum atomic E-state index is -0.554. The molecule has 0 fully saturated rings. The predicted molar refractivity (Wildman–Crippen MR) is 83.9 cm³/mol. The van der Waals surface area contributed by atoms with Gasteiger partial charge in [0.25, 0.3) is 0 Å². The van der Waals surface area contributed by atoms with Crippen LogP contribution in [0.2, 0.25) is 5.02 Å². The summed E-state index contributed by atoms with van der Waals surface area (Å²) < 4.78 is 5.80. The fourth-order valence-corrected chi connectivity index (χ4v) is 2.32. The van der Waals surface area contributed by atoms with Crippen LogP contribution in [0.15, 0.2) is 54.7 Å². The Bertz CT molecular complexity index is 787. The lowest BCUT2D eigenvalue weighted by molar-refractivity contribution is 0.199. The first-order valence-electron chi connectivity index (χ1n) is 6.63. The van der Waals surface area contributed by atoms with Crippen LogP contribution in [0.1, 0.15) is 18.6 Å². The van der Waals surface area contributed by atoms with Crippen LogP contribution in [0, 0.1) is 0 Å². The fourth-order valence-electron chi connectivity index (χ4n) is 2.10. The van der Waals surface area contributed by atoms with Crippen LogP contribution in [0.5, 0.6) is 11.5 Å². The molecular formula is C17H14ClNO2. The van der Waals surface area contributed by atoms with Crippen molar-refractivity contribution in [3.8, 4) is 11.5 Å². The van der Waals surface area contributed by atoms with Crippen molar-refractivity contribution < 1.29 is 9.84 Å². The molecule has 0 unspecified atom stereocenters. The molecule has 2 aromatic carbocycles. The molecule has 1 aromatic heterocycles. The first-order valence-corrected chi connectivity index (χ1v) is 7.01. The van der Waals surface area contributed by atoms with Gasteiger partial charge >= 0.3 is 0 Å². The van der Waals surface area contributed by atoms with E-state index in [-0.39, 0.29) is 0 Å². The Morgan fingerprint density at radius 1 is 1.14 bits per heavy atom.